The van der Waals surface area contributed by atoms with Gasteiger partial charge in [-0.15, -0.1) is 0 Å². The zero-order valence-corrected chi connectivity index (χ0v) is 23.8. The van der Waals surface area contributed by atoms with Gasteiger partial charge >= 0.3 is 0 Å². The van der Waals surface area contributed by atoms with E-state index in [0.29, 0.717) is 6.42 Å². The Labute approximate surface area is 236 Å². The maximum Gasteiger partial charge on any atom is 0.255 e. The van der Waals surface area contributed by atoms with E-state index in [-0.39, 0.29) is 58.8 Å². The molecule has 0 spiro atoms. The Morgan fingerprint density at radius 3 is 2.45 bits per heavy atom. The second kappa shape index (κ2) is 10.3. The van der Waals surface area contributed by atoms with Crippen LogP contribution in [0.15, 0.2) is 41.3 Å². The van der Waals surface area contributed by atoms with Crippen molar-refractivity contribution in [3.8, 4) is 0 Å². The van der Waals surface area contributed by atoms with Crippen LogP contribution in [-0.2, 0) is 19.9 Å². The number of nitrogens with one attached hydrogen (secondary N) is 1. The predicted octanol–water partition coefficient (Wildman–Crippen LogP) is 2.82. The minimum atomic E-state index is -4.10. The maximum atomic E-state index is 13.7. The first kappa shape index (κ1) is 29.3. The number of sulfonamides is 1. The van der Waals surface area contributed by atoms with Crippen molar-refractivity contribution in [1.29, 1.82) is 0 Å². The highest BCUT2D eigenvalue weighted by molar-refractivity contribution is 7.92. The second-order valence-electron chi connectivity index (χ2n) is 10.9. The summed E-state index contributed by atoms with van der Waals surface area (Å²) in [6, 6.07) is 6.49. The molecule has 9 nitrogen and oxygen atoms in total. The molecule has 3 saturated carbocycles. The Morgan fingerprint density at radius 2 is 1.85 bits per heavy atom. The minimum absolute atomic E-state index is 0.0135. The van der Waals surface area contributed by atoms with Gasteiger partial charge in [0.2, 0.25) is 10.0 Å². The molecule has 1 aliphatic heterocycles. The highest BCUT2D eigenvalue weighted by atomic mass is 35.5. The van der Waals surface area contributed by atoms with E-state index >= 15 is 0 Å². The van der Waals surface area contributed by atoms with Gasteiger partial charge in [-0.3, -0.25) is 4.79 Å². The van der Waals surface area contributed by atoms with Crippen molar-refractivity contribution in [2.24, 2.45) is 17.8 Å². The Morgan fingerprint density at radius 1 is 1.18 bits per heavy atom. The molecule has 4 aliphatic rings. The molecular weight excluding hydrogens is 590 g/mol. The molecule has 3 N–H and O–H groups in total. The molecule has 4 fully saturated rings. The third-order valence-corrected chi connectivity index (χ3v) is 13.3. The van der Waals surface area contributed by atoms with E-state index < -0.39 is 66.2 Å². The fourth-order valence-corrected chi connectivity index (χ4v) is 10.4. The Bertz CT molecular complexity index is 1560. The molecular formula is C26H29ClF2N2O7S2. The minimum Gasteiger partial charge on any atom is -0.389 e. The maximum absolute atomic E-state index is 13.7. The van der Waals surface area contributed by atoms with Gasteiger partial charge in [-0.25, -0.2) is 25.6 Å². The number of carbonyl (C=O) groups excluding carboxylic acids is 1. The molecule has 2 aromatic carbocycles. The number of sulfone groups is 1. The summed E-state index contributed by atoms with van der Waals surface area (Å²) in [6.07, 6.45) is -0.901. The third kappa shape index (κ3) is 4.84. The molecule has 3 atom stereocenters. The summed E-state index contributed by atoms with van der Waals surface area (Å²) < 4.78 is 79.7. The van der Waals surface area contributed by atoms with Crippen LogP contribution in [0.1, 0.15) is 36.5 Å². The van der Waals surface area contributed by atoms with Gasteiger partial charge in [0.05, 0.1) is 32.6 Å². The van der Waals surface area contributed by atoms with Crippen molar-refractivity contribution >= 4 is 43.1 Å². The molecule has 0 aromatic heterocycles. The number of aliphatic hydroxyl groups excluding tert-OH is 1. The summed E-state index contributed by atoms with van der Waals surface area (Å²) in [4.78, 5) is 12.5. The molecule has 2 aromatic rings. The number of carbonyl (C=O) groups is 1. The van der Waals surface area contributed by atoms with Crippen LogP contribution >= 0.6 is 11.6 Å². The van der Waals surface area contributed by atoms with Crippen molar-refractivity contribution < 1.29 is 40.6 Å². The highest BCUT2D eigenvalue weighted by Gasteiger charge is 2.67. The summed E-state index contributed by atoms with van der Waals surface area (Å²) in [7, 11) is -7.59. The van der Waals surface area contributed by atoms with Crippen molar-refractivity contribution in [3.05, 3.63) is 58.6 Å². The molecule has 3 aliphatic carbocycles. The van der Waals surface area contributed by atoms with Crippen LogP contribution in [0.5, 0.6) is 0 Å². The number of β-amino-alcohol motifs (C(OH)–C–C–N with tert-alkyl or cyclic N) is 1. The third-order valence-electron chi connectivity index (χ3n) is 8.72. The molecule has 218 valence electrons. The molecule has 40 heavy (non-hydrogen) atoms. The lowest BCUT2D eigenvalue weighted by Crippen LogP contribution is -2.73. The Balaban J connectivity index is 1.34. The summed E-state index contributed by atoms with van der Waals surface area (Å²) in [5.41, 5.74) is -1.72. The topological polar surface area (TPSA) is 141 Å². The SMILES string of the molecule is C[C@H]1C2C[C@H](S(=O)(=O)c3cc(C(=O)Nc4ccc(F)c(F)c4)ccc3Cl)CC1[C@@]2(O)C(O)CN1CCCS1(=O)=O. The Kier molecular flexibility index (Phi) is 7.54. The van der Waals surface area contributed by atoms with Crippen molar-refractivity contribution in [2.75, 3.05) is 24.2 Å². The molecule has 2 bridgehead atoms. The normalized spacial score (nSPS) is 30.4. The van der Waals surface area contributed by atoms with Crippen LogP contribution < -0.4 is 5.32 Å². The highest BCUT2D eigenvalue weighted by Crippen LogP contribution is 2.60. The van der Waals surface area contributed by atoms with Crippen LogP contribution in [0, 0.1) is 29.4 Å². The van der Waals surface area contributed by atoms with Gasteiger partial charge in [0, 0.05) is 30.4 Å². The van der Waals surface area contributed by atoms with E-state index in [2.05, 4.69) is 5.32 Å². The van der Waals surface area contributed by atoms with Gasteiger partial charge in [-0.1, -0.05) is 18.5 Å². The largest absolute Gasteiger partial charge is 0.389 e. The average Bonchev–Trinajstić information content (AvgIpc) is 3.23. The molecule has 1 heterocycles. The number of benzene rings is 2. The van der Waals surface area contributed by atoms with Crippen molar-refractivity contribution in [1.82, 2.24) is 4.31 Å². The number of hydrogen-bond acceptors (Lipinski definition) is 7. The van der Waals surface area contributed by atoms with Crippen LogP contribution in [0.3, 0.4) is 0 Å². The first-order valence-electron chi connectivity index (χ1n) is 12.8. The lowest BCUT2D eigenvalue weighted by atomic mass is 9.46. The van der Waals surface area contributed by atoms with E-state index in [9.17, 15) is 40.6 Å². The zero-order chi connectivity index (χ0) is 29.2. The van der Waals surface area contributed by atoms with E-state index in [1.54, 1.807) is 0 Å². The molecule has 6 rings (SSSR count). The summed E-state index contributed by atoms with van der Waals surface area (Å²) in [5, 5.41) is 23.7. The van der Waals surface area contributed by atoms with Crippen LogP contribution in [0.4, 0.5) is 14.5 Å². The molecule has 0 radical (unpaired) electrons. The van der Waals surface area contributed by atoms with E-state index in [0.717, 1.165) is 24.3 Å². The van der Waals surface area contributed by atoms with Crippen molar-refractivity contribution in [3.63, 3.8) is 0 Å². The summed E-state index contributed by atoms with van der Waals surface area (Å²) in [6.45, 7) is 1.87. The average molecular weight is 619 g/mol. The van der Waals surface area contributed by atoms with Crippen LogP contribution in [0.2, 0.25) is 5.02 Å². The Hall–Kier alpha value is -2.16. The quantitative estimate of drug-likeness (QED) is 0.433. The number of rotatable bonds is 7. The molecule has 14 heteroatoms. The van der Waals surface area contributed by atoms with Gasteiger partial charge in [0.1, 0.15) is 0 Å². The van der Waals surface area contributed by atoms with Gasteiger partial charge in [-0.05, 0) is 67.3 Å². The number of hydrogen-bond donors (Lipinski definition) is 3. The fourth-order valence-electron chi connectivity index (χ4n) is 6.55. The summed E-state index contributed by atoms with van der Waals surface area (Å²) >= 11 is 6.25. The fraction of sp³-hybridized carbons (Fsp3) is 0.500. The standard InChI is InChI=1S/C26H29ClF2N2O7S2/c1-14-18-11-17(12-19(14)26(18,34)24(32)13-31-7-2-8-39(31,35)36)40(37,38)23-9-15(3-5-20(23)27)25(33)30-16-4-6-21(28)22(29)10-16/h3-6,9-10,14,17-19,24,32,34H,2,7-8,11-13H2,1H3,(H,30,33)/t14-,17-,18?,19?,24?,26+. The van der Waals surface area contributed by atoms with E-state index in [1.807, 2.05) is 6.92 Å². The first-order valence-corrected chi connectivity index (χ1v) is 16.4. The predicted molar refractivity (Wildman–Crippen MR) is 143 cm³/mol. The number of anilines is 1. The lowest BCUT2D eigenvalue weighted by Gasteiger charge is -2.64. The molecule has 1 amide bonds. The number of aliphatic hydroxyl groups is 2. The van der Waals surface area contributed by atoms with Gasteiger partial charge in [0.15, 0.2) is 21.5 Å². The van der Waals surface area contributed by atoms with Crippen LogP contribution in [-0.4, -0.2) is 73.1 Å². The molecule has 3 unspecified atom stereocenters. The number of amides is 1. The van der Waals surface area contributed by atoms with E-state index in [4.69, 9.17) is 11.6 Å². The van der Waals surface area contributed by atoms with Gasteiger partial charge < -0.3 is 15.5 Å². The summed E-state index contributed by atoms with van der Waals surface area (Å²) in [5.74, 6) is -4.29. The number of fused-ring (bicyclic) bond motifs is 2. The smallest absolute Gasteiger partial charge is 0.255 e. The number of halogens is 3. The zero-order valence-electron chi connectivity index (χ0n) is 21.4. The van der Waals surface area contributed by atoms with Crippen molar-refractivity contribution in [2.45, 2.75) is 48.0 Å². The lowest BCUT2D eigenvalue weighted by molar-refractivity contribution is -0.263. The first-order chi connectivity index (χ1) is 18.7. The molecule has 1 saturated heterocycles. The monoisotopic (exact) mass is 618 g/mol. The van der Waals surface area contributed by atoms with Crippen LogP contribution in [0.25, 0.3) is 0 Å². The van der Waals surface area contributed by atoms with Gasteiger partial charge in [0.25, 0.3) is 5.91 Å². The van der Waals surface area contributed by atoms with Gasteiger partial charge in [-0.2, -0.15) is 4.31 Å². The van der Waals surface area contributed by atoms with E-state index in [1.165, 1.54) is 16.4 Å². The second-order valence-corrected chi connectivity index (χ2v) is 15.6. The number of nitrogens with zero attached hydrogens (tertiary/aromatic N) is 1.